The molecule has 4 aromatic carbocycles. The molecule has 31 heteroatoms. The van der Waals surface area contributed by atoms with Gasteiger partial charge in [-0.25, -0.2) is 9.48 Å². The van der Waals surface area contributed by atoms with E-state index in [2.05, 4.69) is 149 Å². The molecule has 0 saturated carbocycles. The zero-order chi connectivity index (χ0) is 88.8. The molecule has 650 valence electrons. The lowest BCUT2D eigenvalue weighted by Gasteiger charge is -2.39. The number of nitrogens with zero attached hydrogens (tertiary/aromatic N) is 3. The van der Waals surface area contributed by atoms with Crippen LogP contribution in [0.4, 0.5) is 0 Å². The third kappa shape index (κ3) is 43.0. The lowest BCUT2D eigenvalue weighted by Crippen LogP contribution is -2.59. The average molecular weight is 1930 g/mol. The molecule has 4 N–H and O–H groups in total. The van der Waals surface area contributed by atoms with Gasteiger partial charge in [-0.05, 0) is 125 Å². The summed E-state index contributed by atoms with van der Waals surface area (Å²) < 4.78 is 50.1. The molecule has 5 aromatic rings. The molecule has 25 nitrogen and oxygen atoms in total. The average Bonchev–Trinajstić information content (AvgIpc) is 0.984. The highest BCUT2D eigenvalue weighted by atomic mass is 79.9. The fourth-order valence-corrected chi connectivity index (χ4v) is 13.9. The van der Waals surface area contributed by atoms with E-state index in [1.807, 2.05) is 121 Å². The normalized spacial score (nSPS) is 16.6. The van der Waals surface area contributed by atoms with Crippen molar-refractivity contribution < 1.29 is 106 Å². The summed E-state index contributed by atoms with van der Waals surface area (Å²) >= 11 is 13.4. The van der Waals surface area contributed by atoms with Crippen molar-refractivity contribution in [3.05, 3.63) is 168 Å². The first-order valence-electron chi connectivity index (χ1n) is 37.4. The van der Waals surface area contributed by atoms with Gasteiger partial charge in [-0.3, -0.25) is 33.6 Å². The van der Waals surface area contributed by atoms with Crippen molar-refractivity contribution in [1.29, 1.82) is 0 Å². The fourth-order valence-electron chi connectivity index (χ4n) is 10.2. The van der Waals surface area contributed by atoms with E-state index in [9.17, 15) is 58.8 Å². The van der Waals surface area contributed by atoms with Crippen LogP contribution in [-0.4, -0.2) is 180 Å². The monoisotopic (exact) mass is 1930 g/mol. The van der Waals surface area contributed by atoms with Crippen LogP contribution in [0.15, 0.2) is 140 Å². The second-order valence-electron chi connectivity index (χ2n) is 32.4. The number of rotatable bonds is 32. The Morgan fingerprint density at radius 3 is 1.15 bits per heavy atom. The maximum atomic E-state index is 12.8. The number of terminal acetylenes is 1. The first-order chi connectivity index (χ1) is 54.2. The minimum Gasteiger partial charge on any atom is -0.460 e. The molecule has 5 unspecified atom stereocenters. The highest BCUT2D eigenvalue weighted by Crippen LogP contribution is 2.39. The lowest BCUT2D eigenvalue weighted by atomic mass is 9.83. The van der Waals surface area contributed by atoms with Gasteiger partial charge in [0, 0.05) is 5.57 Å². The summed E-state index contributed by atoms with van der Waals surface area (Å²) in [6.07, 6.45) is 0.371. The van der Waals surface area contributed by atoms with Crippen molar-refractivity contribution in [1.82, 2.24) is 15.0 Å². The zero-order valence-electron chi connectivity index (χ0n) is 70.2. The van der Waals surface area contributed by atoms with Crippen LogP contribution in [0.2, 0.25) is 39.3 Å². The number of benzene rings is 4. The SMILES string of the molecule is C.C#CCOC(=O)C(C)(Br)CC(C)(C)C(=O)OCc1ccccc1.C=C(C)C(=O)OCC#C[Si](C)(C)C.CC(C)(Br)C(=O)OCc1ccccc1.CC(C)(CC(C)(Br)C(=O)OCC#C[Si](C)(C)C)C(=O)OCc1ccccc1.CC(C)(CC(C)(Br)C(=O)OCc1cn(CCO[C@H]2OC(CO)[C@H](O)[C@H](O)C2O)nn1)C(=O)OCc1ccccc1. The Morgan fingerprint density at radius 1 is 0.492 bits per heavy atom. The first-order valence-corrected chi connectivity index (χ1v) is 47.6. The number of halogens is 4. The highest BCUT2D eigenvalue weighted by molar-refractivity contribution is 9.10. The molecule has 1 aliphatic heterocycles. The minimum absolute atomic E-state index is 0. The molecule has 1 aliphatic rings. The van der Waals surface area contributed by atoms with Gasteiger partial charge < -0.3 is 67.8 Å². The molecule has 8 atom stereocenters. The Morgan fingerprint density at radius 2 is 0.822 bits per heavy atom. The van der Waals surface area contributed by atoms with Crippen LogP contribution in [0.25, 0.3) is 0 Å². The topological polar surface area (TPSA) is 340 Å². The van der Waals surface area contributed by atoms with Crippen molar-refractivity contribution in [2.75, 3.05) is 33.0 Å². The minimum atomic E-state index is -1.53. The second-order valence-corrected chi connectivity index (χ2v) is 49.2. The van der Waals surface area contributed by atoms with E-state index in [-0.39, 0.29) is 110 Å². The predicted molar refractivity (Wildman–Crippen MR) is 470 cm³/mol. The van der Waals surface area contributed by atoms with Gasteiger partial charge in [0.2, 0.25) is 0 Å². The number of aliphatic hydroxyl groups excluding tert-OH is 4. The maximum absolute atomic E-state index is 12.8. The molecule has 0 bridgehead atoms. The standard InChI is InChI=1S/C26H36BrN3O10.C21H29BrO4Si.C18H21BrO4.C11H13BrO2.C10H16O2Si.CH4/c1-25(2,23(35)38-13-16-7-5-4-6-8-16)15-26(3,27)24(36)39-14-17-11-30(29-28-17)9-10-37-22-21(34)20(33)19(32)18(12-31)40-22;1-20(2,18(23)26-15-17-11-8-7-9-12-17)16-21(3,22)19(24)25-13-10-14-27(4,5)6;1-5-11-22-16(21)18(4,19)13-17(2,3)15(20)23-12-14-9-7-6-8-10-14;1-11(2,12)10(13)14-8-9-6-4-3-5-7-9;1-9(2)10(11)12-7-6-8-13(3,4)5;/h4-8,11,18-22,31-34H,9-10,12-15H2,1-3H3;7-9,11-12H,13,15-16H2,1-6H3;1,6-10H,11-13H2,2-4H3;3-7H,8H2,1-2H3;1,7H2,2-5H3;1H4/t18?,19-,20-,21?,22-,26?;;;;;/m0...../s1. The molecule has 0 amide bonds. The summed E-state index contributed by atoms with van der Waals surface area (Å²) in [5.41, 5.74) is 8.03. The molecule has 118 heavy (non-hydrogen) atoms. The van der Waals surface area contributed by atoms with Crippen molar-refractivity contribution in [2.24, 2.45) is 16.2 Å². The number of esters is 8. The quantitative estimate of drug-likeness (QED) is 0.00776. The van der Waals surface area contributed by atoms with E-state index in [0.29, 0.717) is 17.9 Å². The number of carbonyl (C=O) groups is 8. The molecular weight excluding hydrogens is 1810 g/mol. The molecule has 2 heterocycles. The Balaban J connectivity index is 0.000000782. The zero-order valence-corrected chi connectivity index (χ0v) is 78.5. The molecule has 1 aromatic heterocycles. The molecule has 0 spiro atoms. The van der Waals surface area contributed by atoms with Crippen LogP contribution in [0.1, 0.15) is 138 Å². The molecular formula is C87H119Br4N3O22Si2. The summed E-state index contributed by atoms with van der Waals surface area (Å²) in [5, 5.41) is 46.8. The largest absolute Gasteiger partial charge is 0.460 e. The van der Waals surface area contributed by atoms with E-state index in [1.54, 1.807) is 89.3 Å². The van der Waals surface area contributed by atoms with Gasteiger partial charge in [0.15, 0.2) is 26.1 Å². The molecule has 1 fully saturated rings. The third-order valence-electron chi connectivity index (χ3n) is 16.1. The van der Waals surface area contributed by atoms with E-state index < -0.39 is 111 Å². The van der Waals surface area contributed by atoms with Gasteiger partial charge in [0.1, 0.15) is 96.6 Å². The summed E-state index contributed by atoms with van der Waals surface area (Å²) in [6, 6.07) is 37.8. The lowest BCUT2D eigenvalue weighted by molar-refractivity contribution is -0.301. The smallest absolute Gasteiger partial charge is 0.334 e. The van der Waals surface area contributed by atoms with E-state index in [4.69, 9.17) is 53.8 Å². The summed E-state index contributed by atoms with van der Waals surface area (Å²) in [6.45, 7) is 37.2. The van der Waals surface area contributed by atoms with Crippen molar-refractivity contribution >= 4 is 128 Å². The Bertz CT molecular complexity index is 4150. The number of ether oxygens (including phenoxy) is 10. The molecule has 0 radical (unpaired) electrons. The van der Waals surface area contributed by atoms with Crippen molar-refractivity contribution in [3.63, 3.8) is 0 Å². The van der Waals surface area contributed by atoms with Crippen molar-refractivity contribution in [3.8, 4) is 35.3 Å². The second kappa shape index (κ2) is 51.2. The number of hydrogen-bond acceptors (Lipinski definition) is 24. The Kier molecular flexibility index (Phi) is 47.0. The van der Waals surface area contributed by atoms with E-state index in [1.165, 1.54) is 4.68 Å². The Labute approximate surface area is 732 Å². The number of hydrogen-bond donors (Lipinski definition) is 4. The van der Waals surface area contributed by atoms with Gasteiger partial charge in [0.05, 0.1) is 42.2 Å². The van der Waals surface area contributed by atoms with Gasteiger partial charge in [-0.1, -0.05) is 261 Å². The van der Waals surface area contributed by atoms with Gasteiger partial charge in [0.25, 0.3) is 0 Å². The number of carbonyl (C=O) groups excluding carboxylic acids is 8. The third-order valence-corrected chi connectivity index (χ3v) is 20.1. The van der Waals surface area contributed by atoms with Gasteiger partial charge in [-0.15, -0.1) is 22.6 Å². The maximum Gasteiger partial charge on any atom is 0.334 e. The Hall–Kier alpha value is -7.69. The fraction of sp³-hybridized carbons (Fsp3) is 0.517. The van der Waals surface area contributed by atoms with Crippen molar-refractivity contribution in [2.45, 2.75) is 237 Å². The van der Waals surface area contributed by atoms with Gasteiger partial charge >= 0.3 is 47.8 Å². The van der Waals surface area contributed by atoms with Crippen LogP contribution in [0, 0.1) is 51.5 Å². The summed E-state index contributed by atoms with van der Waals surface area (Å²) in [5.74, 6) is 4.67. The van der Waals surface area contributed by atoms with E-state index >= 15 is 0 Å². The van der Waals surface area contributed by atoms with Crippen LogP contribution in [0.3, 0.4) is 0 Å². The number of aliphatic hydroxyl groups is 4. The number of alkyl halides is 4. The molecule has 1 saturated heterocycles. The van der Waals surface area contributed by atoms with Crippen LogP contribution >= 0.6 is 63.7 Å². The van der Waals surface area contributed by atoms with Crippen LogP contribution < -0.4 is 0 Å². The molecule has 0 aliphatic carbocycles. The molecule has 6 rings (SSSR count). The van der Waals surface area contributed by atoms with E-state index in [0.717, 1.165) is 22.3 Å². The summed E-state index contributed by atoms with van der Waals surface area (Å²) in [4.78, 5) is 97.0. The predicted octanol–water partition coefficient (Wildman–Crippen LogP) is 14.2. The van der Waals surface area contributed by atoms with Crippen LogP contribution in [0.5, 0.6) is 0 Å². The van der Waals surface area contributed by atoms with Crippen LogP contribution in [-0.2, 0) is 125 Å². The highest BCUT2D eigenvalue weighted by Gasteiger charge is 2.47. The van der Waals surface area contributed by atoms with Gasteiger partial charge in [-0.2, -0.15) is 0 Å². The summed E-state index contributed by atoms with van der Waals surface area (Å²) in [7, 11) is -2.82. The number of aromatic nitrogens is 3. The first kappa shape index (κ1) is 108.